The fourth-order valence-corrected chi connectivity index (χ4v) is 0.912. The van der Waals surface area contributed by atoms with Crippen LogP contribution in [0.5, 0.6) is 5.75 Å². The van der Waals surface area contributed by atoms with Gasteiger partial charge in [-0.15, -0.1) is 0 Å². The Morgan fingerprint density at radius 2 is 2.15 bits per heavy atom. The van der Waals surface area contributed by atoms with Gasteiger partial charge in [0.05, 0.1) is 4.92 Å². The highest BCUT2D eigenvalue weighted by atomic mass is 16.6. The second-order valence-corrected chi connectivity index (χ2v) is 2.43. The van der Waals surface area contributed by atoms with Gasteiger partial charge in [-0.2, -0.15) is 0 Å². The van der Waals surface area contributed by atoms with E-state index in [1.807, 2.05) is 0 Å². The SMILES string of the molecule is [NH3+]CCOc1ccccc1[N+](=O)[O-]. The lowest BCUT2D eigenvalue weighted by molar-refractivity contribution is -0.387. The van der Waals surface area contributed by atoms with Crippen molar-refractivity contribution in [3.63, 3.8) is 0 Å². The van der Waals surface area contributed by atoms with Crippen LogP contribution in [0, 0.1) is 10.1 Å². The van der Waals surface area contributed by atoms with Gasteiger partial charge in [0.25, 0.3) is 0 Å². The number of nitro groups is 1. The van der Waals surface area contributed by atoms with E-state index in [-0.39, 0.29) is 5.69 Å². The van der Waals surface area contributed by atoms with E-state index in [1.54, 1.807) is 18.2 Å². The second-order valence-electron chi connectivity index (χ2n) is 2.43. The summed E-state index contributed by atoms with van der Waals surface area (Å²) >= 11 is 0. The lowest BCUT2D eigenvalue weighted by Crippen LogP contribution is -2.52. The third-order valence-corrected chi connectivity index (χ3v) is 1.46. The number of quaternary nitrogens is 1. The predicted molar refractivity (Wildman–Crippen MR) is 46.3 cm³/mol. The lowest BCUT2D eigenvalue weighted by Gasteiger charge is -2.02. The molecule has 0 aliphatic heterocycles. The van der Waals surface area contributed by atoms with E-state index in [9.17, 15) is 10.1 Å². The number of para-hydroxylation sites is 2. The molecule has 0 bridgehead atoms. The first-order chi connectivity index (χ1) is 6.25. The third kappa shape index (κ3) is 2.41. The average Bonchev–Trinajstić information content (AvgIpc) is 2.15. The Bertz CT molecular complexity index is 301. The van der Waals surface area contributed by atoms with Crippen molar-refractivity contribution < 1.29 is 15.4 Å². The first-order valence-corrected chi connectivity index (χ1v) is 3.91. The van der Waals surface area contributed by atoms with Gasteiger partial charge < -0.3 is 10.5 Å². The zero-order valence-corrected chi connectivity index (χ0v) is 7.10. The van der Waals surface area contributed by atoms with Crippen LogP contribution < -0.4 is 10.5 Å². The molecule has 0 aliphatic rings. The summed E-state index contributed by atoms with van der Waals surface area (Å²) in [6.45, 7) is 0.983. The van der Waals surface area contributed by atoms with Gasteiger partial charge in [0.2, 0.25) is 0 Å². The molecule has 0 radical (unpaired) electrons. The molecule has 5 heteroatoms. The van der Waals surface area contributed by atoms with Crippen LogP contribution in [0.15, 0.2) is 24.3 Å². The van der Waals surface area contributed by atoms with Crippen molar-refractivity contribution in [1.82, 2.24) is 0 Å². The van der Waals surface area contributed by atoms with Crippen LogP contribution in [0.3, 0.4) is 0 Å². The molecule has 0 saturated heterocycles. The summed E-state index contributed by atoms with van der Waals surface area (Å²) in [4.78, 5) is 10.0. The van der Waals surface area contributed by atoms with Crippen LogP contribution in [0.4, 0.5) is 5.69 Å². The fraction of sp³-hybridized carbons (Fsp3) is 0.250. The molecule has 0 saturated carbocycles. The Labute approximate surface area is 75.3 Å². The van der Waals surface area contributed by atoms with E-state index in [2.05, 4.69) is 5.73 Å². The zero-order chi connectivity index (χ0) is 9.68. The molecule has 5 nitrogen and oxygen atoms in total. The molecule has 0 atom stereocenters. The molecule has 0 spiro atoms. The standard InChI is InChI=1S/C8H10N2O3/c9-5-6-13-8-4-2-1-3-7(8)10(11)12/h1-4H,5-6,9H2/p+1. The summed E-state index contributed by atoms with van der Waals surface area (Å²) in [7, 11) is 0. The van der Waals surface area contributed by atoms with Crippen molar-refractivity contribution in [3.8, 4) is 5.75 Å². The lowest BCUT2D eigenvalue weighted by atomic mass is 10.3. The average molecular weight is 183 g/mol. The second kappa shape index (κ2) is 4.42. The summed E-state index contributed by atoms with van der Waals surface area (Å²) in [5.41, 5.74) is 3.58. The highest BCUT2D eigenvalue weighted by Crippen LogP contribution is 2.25. The molecule has 0 unspecified atom stereocenters. The van der Waals surface area contributed by atoms with Gasteiger partial charge in [0.15, 0.2) is 5.75 Å². The first-order valence-electron chi connectivity index (χ1n) is 3.91. The Hall–Kier alpha value is -1.62. The Morgan fingerprint density at radius 3 is 2.77 bits per heavy atom. The monoisotopic (exact) mass is 183 g/mol. The van der Waals surface area contributed by atoms with Gasteiger partial charge in [-0.05, 0) is 6.07 Å². The molecular weight excluding hydrogens is 172 g/mol. The zero-order valence-electron chi connectivity index (χ0n) is 7.10. The number of rotatable bonds is 4. The third-order valence-electron chi connectivity index (χ3n) is 1.46. The summed E-state index contributed by atoms with van der Waals surface area (Å²) in [5.74, 6) is 0.302. The van der Waals surface area contributed by atoms with E-state index in [1.165, 1.54) is 6.07 Å². The van der Waals surface area contributed by atoms with Crippen molar-refractivity contribution in [3.05, 3.63) is 34.4 Å². The van der Waals surface area contributed by atoms with Gasteiger partial charge in [-0.25, -0.2) is 0 Å². The van der Waals surface area contributed by atoms with Gasteiger partial charge in [-0.3, -0.25) is 10.1 Å². The van der Waals surface area contributed by atoms with Gasteiger partial charge in [0.1, 0.15) is 13.2 Å². The number of benzene rings is 1. The molecular formula is C8H11N2O3+. The number of ether oxygens (including phenoxy) is 1. The van der Waals surface area contributed by atoms with Gasteiger partial charge in [-0.1, -0.05) is 12.1 Å². The summed E-state index contributed by atoms with van der Waals surface area (Å²) in [6, 6.07) is 6.30. The predicted octanol–water partition coefficient (Wildman–Crippen LogP) is 0.216. The molecule has 70 valence electrons. The molecule has 13 heavy (non-hydrogen) atoms. The van der Waals surface area contributed by atoms with Crippen LogP contribution in [-0.2, 0) is 0 Å². The summed E-state index contributed by atoms with van der Waals surface area (Å²) in [6.07, 6.45) is 0. The molecule has 0 amide bonds. The van der Waals surface area contributed by atoms with Crippen LogP contribution in [-0.4, -0.2) is 18.1 Å². The van der Waals surface area contributed by atoms with Crippen molar-refractivity contribution >= 4 is 5.69 Å². The molecule has 1 aromatic rings. The van der Waals surface area contributed by atoms with E-state index in [0.29, 0.717) is 18.9 Å². The fourth-order valence-electron chi connectivity index (χ4n) is 0.912. The van der Waals surface area contributed by atoms with Crippen LogP contribution in [0.1, 0.15) is 0 Å². The minimum atomic E-state index is -0.460. The summed E-state index contributed by atoms with van der Waals surface area (Å²) in [5, 5.41) is 10.5. The Kier molecular flexibility index (Phi) is 3.22. The molecule has 1 aromatic carbocycles. The number of nitro benzene ring substituents is 1. The van der Waals surface area contributed by atoms with Gasteiger partial charge >= 0.3 is 5.69 Å². The van der Waals surface area contributed by atoms with Crippen LogP contribution in [0.25, 0.3) is 0 Å². The molecule has 0 fully saturated rings. The molecule has 0 aliphatic carbocycles. The quantitative estimate of drug-likeness (QED) is 0.535. The largest absolute Gasteiger partial charge is 0.481 e. The van der Waals surface area contributed by atoms with E-state index in [4.69, 9.17) is 4.74 Å². The number of hydrogen-bond acceptors (Lipinski definition) is 3. The Balaban J connectivity index is 2.84. The number of nitrogens with zero attached hydrogens (tertiary/aromatic N) is 1. The number of hydrogen-bond donors (Lipinski definition) is 1. The maximum Gasteiger partial charge on any atom is 0.310 e. The van der Waals surface area contributed by atoms with Crippen LogP contribution in [0.2, 0.25) is 0 Å². The van der Waals surface area contributed by atoms with Crippen molar-refractivity contribution in [1.29, 1.82) is 0 Å². The van der Waals surface area contributed by atoms with E-state index in [0.717, 1.165) is 0 Å². The highest BCUT2D eigenvalue weighted by molar-refractivity contribution is 5.45. The maximum atomic E-state index is 10.5. The van der Waals surface area contributed by atoms with E-state index < -0.39 is 4.92 Å². The van der Waals surface area contributed by atoms with Crippen molar-refractivity contribution in [2.24, 2.45) is 0 Å². The maximum absolute atomic E-state index is 10.5. The van der Waals surface area contributed by atoms with Crippen LogP contribution >= 0.6 is 0 Å². The molecule has 0 aromatic heterocycles. The highest BCUT2D eigenvalue weighted by Gasteiger charge is 2.12. The van der Waals surface area contributed by atoms with Crippen molar-refractivity contribution in [2.75, 3.05) is 13.2 Å². The minimum absolute atomic E-state index is 0.00375. The smallest absolute Gasteiger partial charge is 0.310 e. The van der Waals surface area contributed by atoms with Gasteiger partial charge in [0, 0.05) is 6.07 Å². The molecule has 3 N–H and O–H groups in total. The molecule has 0 heterocycles. The first kappa shape index (κ1) is 9.47. The normalized spacial score (nSPS) is 9.62. The molecule has 1 rings (SSSR count). The van der Waals surface area contributed by atoms with Crippen molar-refractivity contribution in [2.45, 2.75) is 0 Å². The summed E-state index contributed by atoms with van der Waals surface area (Å²) < 4.78 is 5.14. The minimum Gasteiger partial charge on any atom is -0.481 e. The topological polar surface area (TPSA) is 80.0 Å². The Morgan fingerprint density at radius 1 is 1.46 bits per heavy atom. The van der Waals surface area contributed by atoms with E-state index >= 15 is 0 Å².